The van der Waals surface area contributed by atoms with E-state index in [4.69, 9.17) is 21.1 Å². The zero-order valence-corrected chi connectivity index (χ0v) is 13.1. The van der Waals surface area contributed by atoms with Crippen LogP contribution < -0.4 is 20.1 Å². The minimum atomic E-state index is -0.202. The number of hydrogen-bond donors (Lipinski definition) is 2. The van der Waals surface area contributed by atoms with Gasteiger partial charge in [-0.1, -0.05) is 17.7 Å². The van der Waals surface area contributed by atoms with Gasteiger partial charge in [0.2, 0.25) is 5.91 Å². The van der Waals surface area contributed by atoms with Gasteiger partial charge in [0.05, 0.1) is 26.5 Å². The van der Waals surface area contributed by atoms with E-state index in [0.717, 1.165) is 5.69 Å². The predicted molar refractivity (Wildman–Crippen MR) is 88.1 cm³/mol. The molecule has 0 radical (unpaired) electrons. The second-order valence-corrected chi connectivity index (χ2v) is 4.91. The van der Waals surface area contributed by atoms with Gasteiger partial charge in [-0.15, -0.1) is 0 Å². The summed E-state index contributed by atoms with van der Waals surface area (Å²) in [5, 5.41) is 6.40. The SMILES string of the molecule is COc1ccc(OC)c(NC(=O)CNc2cccc(Cl)c2)c1. The molecule has 2 N–H and O–H groups in total. The lowest BCUT2D eigenvalue weighted by molar-refractivity contribution is -0.114. The number of carbonyl (C=O) groups excluding carboxylic acids is 1. The van der Waals surface area contributed by atoms with Gasteiger partial charge in [-0.25, -0.2) is 0 Å². The van der Waals surface area contributed by atoms with Crippen LogP contribution in [0.15, 0.2) is 42.5 Å². The van der Waals surface area contributed by atoms with E-state index in [2.05, 4.69) is 10.6 Å². The van der Waals surface area contributed by atoms with E-state index in [1.54, 1.807) is 44.6 Å². The molecule has 0 aromatic heterocycles. The quantitative estimate of drug-likeness (QED) is 0.856. The van der Waals surface area contributed by atoms with E-state index in [1.807, 2.05) is 12.1 Å². The Hall–Kier alpha value is -2.40. The number of methoxy groups -OCH3 is 2. The van der Waals surface area contributed by atoms with Crippen molar-refractivity contribution in [3.05, 3.63) is 47.5 Å². The van der Waals surface area contributed by atoms with Crippen molar-refractivity contribution in [2.45, 2.75) is 0 Å². The number of nitrogens with one attached hydrogen (secondary N) is 2. The molecule has 22 heavy (non-hydrogen) atoms. The minimum Gasteiger partial charge on any atom is -0.497 e. The molecule has 0 unspecified atom stereocenters. The summed E-state index contributed by atoms with van der Waals surface area (Å²) in [7, 11) is 3.11. The van der Waals surface area contributed by atoms with Gasteiger partial charge in [0.15, 0.2) is 0 Å². The molecule has 0 spiro atoms. The minimum absolute atomic E-state index is 0.112. The normalized spacial score (nSPS) is 9.95. The molecule has 0 saturated carbocycles. The summed E-state index contributed by atoms with van der Waals surface area (Å²) < 4.78 is 10.4. The third-order valence-electron chi connectivity index (χ3n) is 2.96. The standard InChI is InChI=1S/C16H17ClN2O3/c1-21-13-6-7-15(22-2)14(9-13)19-16(20)10-18-12-5-3-4-11(17)8-12/h3-9,18H,10H2,1-2H3,(H,19,20). The van der Waals surface area contributed by atoms with E-state index in [1.165, 1.54) is 0 Å². The monoisotopic (exact) mass is 320 g/mol. The number of anilines is 2. The van der Waals surface area contributed by atoms with Crippen molar-refractivity contribution in [2.75, 3.05) is 31.4 Å². The second-order valence-electron chi connectivity index (χ2n) is 4.48. The number of benzene rings is 2. The fourth-order valence-electron chi connectivity index (χ4n) is 1.89. The Kier molecular flexibility index (Phi) is 5.49. The Morgan fingerprint density at radius 1 is 1.14 bits per heavy atom. The van der Waals surface area contributed by atoms with Crippen LogP contribution in [0, 0.1) is 0 Å². The highest BCUT2D eigenvalue weighted by Crippen LogP contribution is 2.28. The van der Waals surface area contributed by atoms with Gasteiger partial charge in [0.25, 0.3) is 0 Å². The van der Waals surface area contributed by atoms with Crippen molar-refractivity contribution in [3.8, 4) is 11.5 Å². The van der Waals surface area contributed by atoms with Crippen molar-refractivity contribution in [2.24, 2.45) is 0 Å². The van der Waals surface area contributed by atoms with Gasteiger partial charge >= 0.3 is 0 Å². The van der Waals surface area contributed by atoms with E-state index in [9.17, 15) is 4.79 Å². The zero-order valence-electron chi connectivity index (χ0n) is 12.4. The molecule has 0 heterocycles. The molecule has 2 aromatic rings. The molecule has 0 atom stereocenters. The van der Waals surface area contributed by atoms with E-state index in [-0.39, 0.29) is 12.5 Å². The Morgan fingerprint density at radius 2 is 1.95 bits per heavy atom. The van der Waals surface area contributed by atoms with E-state index in [0.29, 0.717) is 22.2 Å². The highest BCUT2D eigenvalue weighted by Gasteiger charge is 2.09. The molecule has 116 valence electrons. The summed E-state index contributed by atoms with van der Waals surface area (Å²) >= 11 is 5.89. The highest BCUT2D eigenvalue weighted by atomic mass is 35.5. The van der Waals surface area contributed by atoms with Gasteiger partial charge in [0.1, 0.15) is 11.5 Å². The first-order valence-corrected chi connectivity index (χ1v) is 7.01. The Bertz CT molecular complexity index is 662. The van der Waals surface area contributed by atoms with E-state index < -0.39 is 0 Å². The molecule has 0 aliphatic heterocycles. The number of halogens is 1. The first-order valence-electron chi connectivity index (χ1n) is 6.63. The molecular formula is C16H17ClN2O3. The molecule has 1 amide bonds. The molecule has 5 nitrogen and oxygen atoms in total. The van der Waals surface area contributed by atoms with Crippen molar-refractivity contribution >= 4 is 28.9 Å². The molecule has 0 bridgehead atoms. The maximum absolute atomic E-state index is 12.0. The summed E-state index contributed by atoms with van der Waals surface area (Å²) in [4.78, 5) is 12.0. The average Bonchev–Trinajstić information content (AvgIpc) is 2.53. The highest BCUT2D eigenvalue weighted by molar-refractivity contribution is 6.30. The summed E-state index contributed by atoms with van der Waals surface area (Å²) in [5.41, 5.74) is 1.33. The third-order valence-corrected chi connectivity index (χ3v) is 3.19. The molecule has 2 rings (SSSR count). The van der Waals surface area contributed by atoms with Crippen LogP contribution in [-0.2, 0) is 4.79 Å². The first kappa shape index (κ1) is 16.0. The Morgan fingerprint density at radius 3 is 2.64 bits per heavy atom. The van der Waals surface area contributed by atoms with Gasteiger partial charge < -0.3 is 20.1 Å². The third kappa shape index (κ3) is 4.30. The van der Waals surface area contributed by atoms with Crippen molar-refractivity contribution in [1.82, 2.24) is 0 Å². The zero-order chi connectivity index (χ0) is 15.9. The number of amides is 1. The van der Waals surface area contributed by atoms with Crippen LogP contribution in [0.5, 0.6) is 11.5 Å². The number of ether oxygens (including phenoxy) is 2. The van der Waals surface area contributed by atoms with Gasteiger partial charge in [0, 0.05) is 16.8 Å². The second kappa shape index (κ2) is 7.56. The smallest absolute Gasteiger partial charge is 0.243 e. The van der Waals surface area contributed by atoms with Gasteiger partial charge in [-0.2, -0.15) is 0 Å². The van der Waals surface area contributed by atoms with Crippen LogP contribution in [0.4, 0.5) is 11.4 Å². The lowest BCUT2D eigenvalue weighted by Gasteiger charge is -2.12. The summed E-state index contributed by atoms with van der Waals surface area (Å²) in [6, 6.07) is 12.4. The molecule has 0 fully saturated rings. The van der Waals surface area contributed by atoms with Gasteiger partial charge in [-0.05, 0) is 30.3 Å². The fourth-order valence-corrected chi connectivity index (χ4v) is 2.08. The molecule has 0 aliphatic carbocycles. The van der Waals surface area contributed by atoms with Crippen LogP contribution >= 0.6 is 11.6 Å². The molecular weight excluding hydrogens is 304 g/mol. The molecule has 6 heteroatoms. The summed E-state index contributed by atoms with van der Waals surface area (Å²) in [6.45, 7) is 0.112. The number of rotatable bonds is 6. The van der Waals surface area contributed by atoms with Crippen LogP contribution in [0.2, 0.25) is 5.02 Å². The number of hydrogen-bond acceptors (Lipinski definition) is 4. The Balaban J connectivity index is 1.99. The van der Waals surface area contributed by atoms with Gasteiger partial charge in [-0.3, -0.25) is 4.79 Å². The number of carbonyl (C=O) groups is 1. The summed E-state index contributed by atoms with van der Waals surface area (Å²) in [5.74, 6) is 1.00. The van der Waals surface area contributed by atoms with Crippen molar-refractivity contribution in [1.29, 1.82) is 0 Å². The van der Waals surface area contributed by atoms with Crippen LogP contribution in [-0.4, -0.2) is 26.7 Å². The first-order chi connectivity index (χ1) is 10.6. The topological polar surface area (TPSA) is 59.6 Å². The van der Waals surface area contributed by atoms with Crippen LogP contribution in [0.1, 0.15) is 0 Å². The van der Waals surface area contributed by atoms with E-state index >= 15 is 0 Å². The maximum atomic E-state index is 12.0. The lowest BCUT2D eigenvalue weighted by atomic mass is 10.2. The molecule has 2 aromatic carbocycles. The summed E-state index contributed by atoms with van der Waals surface area (Å²) in [6.07, 6.45) is 0. The molecule has 0 saturated heterocycles. The predicted octanol–water partition coefficient (Wildman–Crippen LogP) is 3.41. The van der Waals surface area contributed by atoms with Crippen LogP contribution in [0.25, 0.3) is 0 Å². The lowest BCUT2D eigenvalue weighted by Crippen LogP contribution is -2.22. The van der Waals surface area contributed by atoms with Crippen molar-refractivity contribution in [3.63, 3.8) is 0 Å². The Labute approximate surface area is 134 Å². The largest absolute Gasteiger partial charge is 0.497 e. The van der Waals surface area contributed by atoms with Crippen LogP contribution in [0.3, 0.4) is 0 Å². The fraction of sp³-hybridized carbons (Fsp3) is 0.188. The molecule has 0 aliphatic rings. The maximum Gasteiger partial charge on any atom is 0.243 e. The average molecular weight is 321 g/mol. The van der Waals surface area contributed by atoms with Crippen molar-refractivity contribution < 1.29 is 14.3 Å².